The van der Waals surface area contributed by atoms with Gasteiger partial charge in [0.1, 0.15) is 0 Å². The molecule has 0 fully saturated rings. The number of benzene rings is 5. The zero-order valence-electron chi connectivity index (χ0n) is 22.1. The maximum Gasteiger partial charge on any atom is 0.337 e. The van der Waals surface area contributed by atoms with Gasteiger partial charge in [0.25, 0.3) is 0 Å². The lowest BCUT2D eigenvalue weighted by molar-refractivity contribution is 0.0653. The standard InChI is InChI=1S/C32H18O12/c33-27(34)18-10-9-17(19-11-13-5-1-3-7-15(13)22(28(35)36)25(19)31(41)42)24(30(39)40)21(18)20-12-14-6-2-4-8-16(14)23(29(37)38)26(20)32(43)44/h1-12H,(H,33,34)(H,35,36)(H,37,38)(H,39,40)(H,41,42)(H,43,44). The van der Waals surface area contributed by atoms with E-state index in [0.717, 1.165) is 18.2 Å². The Kier molecular flexibility index (Phi) is 7.03. The first-order valence-electron chi connectivity index (χ1n) is 12.5. The summed E-state index contributed by atoms with van der Waals surface area (Å²) >= 11 is 0. The highest BCUT2D eigenvalue weighted by Gasteiger charge is 2.33. The van der Waals surface area contributed by atoms with Crippen molar-refractivity contribution >= 4 is 57.4 Å². The summed E-state index contributed by atoms with van der Waals surface area (Å²) in [5.41, 5.74) is -6.81. The van der Waals surface area contributed by atoms with Gasteiger partial charge < -0.3 is 30.6 Å². The van der Waals surface area contributed by atoms with Crippen LogP contribution in [0.15, 0.2) is 72.8 Å². The average Bonchev–Trinajstić information content (AvgIpc) is 2.97. The number of fused-ring (bicyclic) bond motifs is 2. The molecule has 12 heteroatoms. The summed E-state index contributed by atoms with van der Waals surface area (Å²) in [6.07, 6.45) is 0. The van der Waals surface area contributed by atoms with Crippen molar-refractivity contribution in [2.24, 2.45) is 0 Å². The highest BCUT2D eigenvalue weighted by atomic mass is 16.4. The van der Waals surface area contributed by atoms with Crippen molar-refractivity contribution < 1.29 is 59.4 Å². The molecule has 12 nitrogen and oxygen atoms in total. The lowest BCUT2D eigenvalue weighted by Crippen LogP contribution is -2.16. The monoisotopic (exact) mass is 594 g/mol. The van der Waals surface area contributed by atoms with Crippen LogP contribution in [-0.4, -0.2) is 66.5 Å². The molecule has 0 radical (unpaired) electrons. The van der Waals surface area contributed by atoms with Gasteiger partial charge in [-0.2, -0.15) is 0 Å². The Morgan fingerprint density at radius 1 is 0.386 bits per heavy atom. The van der Waals surface area contributed by atoms with E-state index in [1.807, 2.05) is 0 Å². The highest BCUT2D eigenvalue weighted by molar-refractivity contribution is 6.21. The first kappa shape index (κ1) is 29.0. The van der Waals surface area contributed by atoms with Crippen LogP contribution >= 0.6 is 0 Å². The van der Waals surface area contributed by atoms with Gasteiger partial charge >= 0.3 is 35.8 Å². The van der Waals surface area contributed by atoms with Gasteiger partial charge in [-0.05, 0) is 56.4 Å². The van der Waals surface area contributed by atoms with Crippen LogP contribution in [0.5, 0.6) is 0 Å². The third-order valence-electron chi connectivity index (χ3n) is 7.16. The first-order valence-corrected chi connectivity index (χ1v) is 12.5. The van der Waals surface area contributed by atoms with Crippen LogP contribution in [0.1, 0.15) is 62.1 Å². The minimum absolute atomic E-state index is 0.0140. The van der Waals surface area contributed by atoms with Gasteiger partial charge in [-0.15, -0.1) is 0 Å². The molecular weight excluding hydrogens is 576 g/mol. The Morgan fingerprint density at radius 2 is 0.795 bits per heavy atom. The van der Waals surface area contributed by atoms with Gasteiger partial charge in [-0.25, -0.2) is 28.8 Å². The molecule has 6 N–H and O–H groups in total. The third-order valence-corrected chi connectivity index (χ3v) is 7.16. The molecule has 0 aliphatic rings. The molecule has 5 aromatic carbocycles. The second kappa shape index (κ2) is 10.7. The number of hydrogen-bond acceptors (Lipinski definition) is 6. The fourth-order valence-electron chi connectivity index (χ4n) is 5.50. The Labute approximate surface area is 245 Å². The van der Waals surface area contributed by atoms with E-state index in [9.17, 15) is 59.4 Å². The summed E-state index contributed by atoms with van der Waals surface area (Å²) in [5, 5.41) is 61.4. The van der Waals surface area contributed by atoms with Gasteiger partial charge in [-0.3, -0.25) is 0 Å². The van der Waals surface area contributed by atoms with E-state index in [1.165, 1.54) is 54.6 Å². The first-order chi connectivity index (χ1) is 20.8. The second-order valence-electron chi connectivity index (χ2n) is 9.53. The molecule has 218 valence electrons. The maximum absolute atomic E-state index is 13.0. The molecule has 44 heavy (non-hydrogen) atoms. The molecule has 0 saturated carbocycles. The minimum atomic E-state index is -1.82. The Morgan fingerprint density at radius 3 is 1.23 bits per heavy atom. The molecule has 0 bridgehead atoms. The van der Waals surface area contributed by atoms with Crippen molar-refractivity contribution in [1.82, 2.24) is 0 Å². The van der Waals surface area contributed by atoms with Crippen LogP contribution in [0.4, 0.5) is 0 Å². The fourth-order valence-corrected chi connectivity index (χ4v) is 5.50. The van der Waals surface area contributed by atoms with Crippen molar-refractivity contribution in [3.05, 3.63) is 106 Å². The molecule has 0 unspecified atom stereocenters. The van der Waals surface area contributed by atoms with E-state index in [4.69, 9.17) is 0 Å². The highest BCUT2D eigenvalue weighted by Crippen LogP contribution is 2.43. The van der Waals surface area contributed by atoms with E-state index < -0.39 is 91.5 Å². The van der Waals surface area contributed by atoms with Crippen molar-refractivity contribution in [1.29, 1.82) is 0 Å². The molecule has 0 spiro atoms. The normalized spacial score (nSPS) is 10.9. The van der Waals surface area contributed by atoms with Crippen LogP contribution in [0.25, 0.3) is 43.8 Å². The van der Waals surface area contributed by atoms with E-state index in [1.54, 1.807) is 0 Å². The number of hydrogen-bond donors (Lipinski definition) is 6. The van der Waals surface area contributed by atoms with Crippen LogP contribution in [0.3, 0.4) is 0 Å². The summed E-state index contributed by atoms with van der Waals surface area (Å²) in [7, 11) is 0. The lowest BCUT2D eigenvalue weighted by atomic mass is 9.81. The molecule has 0 aliphatic heterocycles. The van der Waals surface area contributed by atoms with Gasteiger partial charge in [0.2, 0.25) is 0 Å². The van der Waals surface area contributed by atoms with E-state index in [-0.39, 0.29) is 21.5 Å². The molecule has 5 aromatic rings. The third kappa shape index (κ3) is 4.52. The summed E-state index contributed by atoms with van der Waals surface area (Å²) in [4.78, 5) is 75.3. The lowest BCUT2D eigenvalue weighted by Gasteiger charge is -2.20. The zero-order chi connectivity index (χ0) is 32.0. The van der Waals surface area contributed by atoms with Crippen molar-refractivity contribution in [3.8, 4) is 22.3 Å². The topological polar surface area (TPSA) is 224 Å². The molecule has 0 heterocycles. The smallest absolute Gasteiger partial charge is 0.337 e. The summed E-state index contributed by atoms with van der Waals surface area (Å²) in [6.45, 7) is 0. The van der Waals surface area contributed by atoms with E-state index in [0.29, 0.717) is 0 Å². The maximum atomic E-state index is 13.0. The van der Waals surface area contributed by atoms with Crippen molar-refractivity contribution in [3.63, 3.8) is 0 Å². The quantitative estimate of drug-likeness (QED) is 0.131. The number of aromatic carboxylic acids is 6. The van der Waals surface area contributed by atoms with Gasteiger partial charge in [0.05, 0.1) is 33.4 Å². The molecule has 5 rings (SSSR count). The molecule has 0 aliphatic carbocycles. The second-order valence-corrected chi connectivity index (χ2v) is 9.53. The van der Waals surface area contributed by atoms with Gasteiger partial charge in [0, 0.05) is 5.56 Å². The molecule has 0 atom stereocenters. The fraction of sp³-hybridized carbons (Fsp3) is 0. The zero-order valence-corrected chi connectivity index (χ0v) is 22.1. The molecule has 0 saturated heterocycles. The van der Waals surface area contributed by atoms with Crippen LogP contribution in [0.2, 0.25) is 0 Å². The van der Waals surface area contributed by atoms with Crippen LogP contribution < -0.4 is 0 Å². The predicted octanol–water partition coefficient (Wildman–Crippen LogP) is 5.52. The Balaban J connectivity index is 2.06. The molecule has 0 aromatic heterocycles. The molecule has 0 amide bonds. The Hall–Kier alpha value is -6.56. The largest absolute Gasteiger partial charge is 0.478 e. The predicted molar refractivity (Wildman–Crippen MR) is 154 cm³/mol. The van der Waals surface area contributed by atoms with Crippen molar-refractivity contribution in [2.45, 2.75) is 0 Å². The number of rotatable bonds is 8. The van der Waals surface area contributed by atoms with Gasteiger partial charge in [0.15, 0.2) is 0 Å². The number of carboxylic acid groups (broad SMARTS) is 6. The average molecular weight is 594 g/mol. The summed E-state index contributed by atoms with van der Waals surface area (Å²) in [5.74, 6) is -10.4. The van der Waals surface area contributed by atoms with Crippen LogP contribution in [0, 0.1) is 0 Å². The van der Waals surface area contributed by atoms with E-state index in [2.05, 4.69) is 0 Å². The van der Waals surface area contributed by atoms with Crippen LogP contribution in [-0.2, 0) is 0 Å². The van der Waals surface area contributed by atoms with Crippen molar-refractivity contribution in [2.75, 3.05) is 0 Å². The minimum Gasteiger partial charge on any atom is -0.478 e. The van der Waals surface area contributed by atoms with E-state index >= 15 is 0 Å². The SMILES string of the molecule is O=C(O)c1ccc(-c2cc3ccccc3c(C(=O)O)c2C(=O)O)c(C(=O)O)c1-c1cc2ccccc2c(C(=O)O)c1C(=O)O. The summed E-state index contributed by atoms with van der Waals surface area (Å²) < 4.78 is 0. The number of carbonyl (C=O) groups is 6. The van der Waals surface area contributed by atoms with Gasteiger partial charge in [-0.1, -0.05) is 54.6 Å². The molecular formula is C32H18O12. The summed E-state index contributed by atoms with van der Waals surface area (Å²) in [6, 6.07) is 15.9. The number of carboxylic acids is 6. The Bertz CT molecular complexity index is 2140.